The fraction of sp³-hybridized carbons (Fsp3) is 0.182. The fourth-order valence-corrected chi connectivity index (χ4v) is 3.53. The first-order chi connectivity index (χ1) is 13.9. The molecule has 140 valence electrons. The summed E-state index contributed by atoms with van der Waals surface area (Å²) in [5, 5.41) is 3.40. The zero-order valence-corrected chi connectivity index (χ0v) is 15.3. The van der Waals surface area contributed by atoms with Crippen LogP contribution < -0.4 is 14.8 Å². The van der Waals surface area contributed by atoms with E-state index >= 15 is 0 Å². The van der Waals surface area contributed by atoms with Crippen molar-refractivity contribution < 1.29 is 9.47 Å². The number of nitrogens with zero attached hydrogens (tertiary/aromatic N) is 3. The SMILES string of the molecule is c1ccc(Oc2ccc(Oc3ncnc4ccn(C5CCNC5)c34)cc2)cc1. The van der Waals surface area contributed by atoms with Gasteiger partial charge in [-0.1, -0.05) is 18.2 Å². The van der Waals surface area contributed by atoms with Crippen LogP contribution in [0.25, 0.3) is 11.0 Å². The van der Waals surface area contributed by atoms with Crippen LogP contribution in [0.1, 0.15) is 12.5 Å². The molecule has 6 heteroatoms. The van der Waals surface area contributed by atoms with Gasteiger partial charge in [0.25, 0.3) is 0 Å². The topological polar surface area (TPSA) is 61.2 Å². The molecule has 1 saturated heterocycles. The van der Waals surface area contributed by atoms with Gasteiger partial charge in [0, 0.05) is 18.8 Å². The van der Waals surface area contributed by atoms with Crippen molar-refractivity contribution >= 4 is 11.0 Å². The van der Waals surface area contributed by atoms with Crippen LogP contribution in [0.5, 0.6) is 23.1 Å². The highest BCUT2D eigenvalue weighted by molar-refractivity contribution is 5.81. The summed E-state index contributed by atoms with van der Waals surface area (Å²) in [4.78, 5) is 8.77. The molecule has 0 aliphatic carbocycles. The van der Waals surface area contributed by atoms with Crippen molar-refractivity contribution in [2.75, 3.05) is 13.1 Å². The maximum atomic E-state index is 6.11. The maximum absolute atomic E-state index is 6.11. The smallest absolute Gasteiger partial charge is 0.247 e. The Kier molecular flexibility index (Phi) is 4.39. The van der Waals surface area contributed by atoms with E-state index in [-0.39, 0.29) is 0 Å². The lowest BCUT2D eigenvalue weighted by Crippen LogP contribution is -2.13. The summed E-state index contributed by atoms with van der Waals surface area (Å²) in [7, 11) is 0. The van der Waals surface area contributed by atoms with Crippen molar-refractivity contribution in [3.63, 3.8) is 0 Å². The van der Waals surface area contributed by atoms with Crippen LogP contribution in [0, 0.1) is 0 Å². The van der Waals surface area contributed by atoms with Crippen molar-refractivity contribution in [1.29, 1.82) is 0 Å². The van der Waals surface area contributed by atoms with Gasteiger partial charge < -0.3 is 19.4 Å². The molecule has 1 unspecified atom stereocenters. The third kappa shape index (κ3) is 3.30. The van der Waals surface area contributed by atoms with E-state index in [1.165, 1.54) is 0 Å². The van der Waals surface area contributed by atoms with Crippen LogP contribution in [0.3, 0.4) is 0 Å². The van der Waals surface area contributed by atoms with E-state index < -0.39 is 0 Å². The lowest BCUT2D eigenvalue weighted by atomic mass is 10.2. The van der Waals surface area contributed by atoms with Gasteiger partial charge in [0.2, 0.25) is 5.88 Å². The minimum atomic E-state index is 0.396. The van der Waals surface area contributed by atoms with E-state index in [2.05, 4.69) is 26.0 Å². The van der Waals surface area contributed by atoms with Crippen LogP contribution in [-0.2, 0) is 0 Å². The van der Waals surface area contributed by atoms with Crippen LogP contribution in [0.15, 0.2) is 73.2 Å². The molecule has 1 fully saturated rings. The zero-order chi connectivity index (χ0) is 18.8. The monoisotopic (exact) mass is 372 g/mol. The lowest BCUT2D eigenvalue weighted by molar-refractivity contribution is 0.454. The van der Waals surface area contributed by atoms with Crippen LogP contribution in [0.4, 0.5) is 0 Å². The Morgan fingerprint density at radius 3 is 2.36 bits per heavy atom. The largest absolute Gasteiger partial charge is 0.457 e. The van der Waals surface area contributed by atoms with Crippen molar-refractivity contribution in [3.8, 4) is 23.1 Å². The number of para-hydroxylation sites is 1. The zero-order valence-electron chi connectivity index (χ0n) is 15.3. The van der Waals surface area contributed by atoms with Gasteiger partial charge >= 0.3 is 0 Å². The Balaban J connectivity index is 1.40. The summed E-state index contributed by atoms with van der Waals surface area (Å²) < 4.78 is 14.2. The third-order valence-corrected chi connectivity index (χ3v) is 4.91. The van der Waals surface area contributed by atoms with Gasteiger partial charge in [-0.25, -0.2) is 4.98 Å². The molecule has 6 nitrogen and oxygen atoms in total. The van der Waals surface area contributed by atoms with Gasteiger partial charge in [0.1, 0.15) is 29.1 Å². The highest BCUT2D eigenvalue weighted by Gasteiger charge is 2.21. The van der Waals surface area contributed by atoms with Crippen molar-refractivity contribution in [2.45, 2.75) is 12.5 Å². The molecule has 1 aliphatic rings. The highest BCUT2D eigenvalue weighted by atomic mass is 16.5. The van der Waals surface area contributed by atoms with Gasteiger partial charge in [0.05, 0.1) is 5.52 Å². The summed E-state index contributed by atoms with van der Waals surface area (Å²) in [5.74, 6) is 2.83. The van der Waals surface area contributed by atoms with E-state index in [0.29, 0.717) is 17.7 Å². The molecule has 0 saturated carbocycles. The Morgan fingerprint density at radius 2 is 1.61 bits per heavy atom. The van der Waals surface area contributed by atoms with E-state index in [0.717, 1.165) is 42.0 Å². The molecule has 0 bridgehead atoms. The Morgan fingerprint density at radius 1 is 0.857 bits per heavy atom. The molecule has 0 amide bonds. The number of benzene rings is 2. The predicted octanol–water partition coefficient (Wildman–Crippen LogP) is 4.55. The Hall–Kier alpha value is -3.38. The first-order valence-electron chi connectivity index (χ1n) is 9.40. The van der Waals surface area contributed by atoms with Crippen LogP contribution >= 0.6 is 0 Å². The molecular weight excluding hydrogens is 352 g/mol. The van der Waals surface area contributed by atoms with Gasteiger partial charge in [-0.3, -0.25) is 0 Å². The summed E-state index contributed by atoms with van der Waals surface area (Å²) >= 11 is 0. The molecule has 4 aromatic rings. The first-order valence-corrected chi connectivity index (χ1v) is 9.40. The molecule has 1 atom stereocenters. The van der Waals surface area contributed by atoms with Gasteiger partial charge in [-0.2, -0.15) is 4.98 Å². The lowest BCUT2D eigenvalue weighted by Gasteiger charge is -2.14. The number of fused-ring (bicyclic) bond motifs is 1. The third-order valence-electron chi connectivity index (χ3n) is 4.91. The summed E-state index contributed by atoms with van der Waals surface area (Å²) in [6.45, 7) is 1.97. The number of nitrogens with one attached hydrogen (secondary N) is 1. The quantitative estimate of drug-likeness (QED) is 0.557. The number of ether oxygens (including phenoxy) is 2. The second-order valence-electron chi connectivity index (χ2n) is 6.77. The van der Waals surface area contributed by atoms with E-state index in [1.807, 2.05) is 60.7 Å². The molecule has 1 N–H and O–H groups in total. The number of aromatic nitrogens is 3. The number of hydrogen-bond donors (Lipinski definition) is 1. The summed E-state index contributed by atoms with van der Waals surface area (Å²) in [5.41, 5.74) is 1.82. The average Bonchev–Trinajstić information content (AvgIpc) is 3.40. The molecular formula is C22H20N4O2. The van der Waals surface area contributed by atoms with Gasteiger partial charge in [-0.05, 0) is 55.4 Å². The Labute approximate surface area is 162 Å². The van der Waals surface area contributed by atoms with E-state index in [4.69, 9.17) is 9.47 Å². The second-order valence-corrected chi connectivity index (χ2v) is 6.77. The minimum absolute atomic E-state index is 0.396. The fourth-order valence-electron chi connectivity index (χ4n) is 3.53. The molecule has 28 heavy (non-hydrogen) atoms. The molecule has 2 aromatic carbocycles. The van der Waals surface area contributed by atoms with Crippen LogP contribution in [-0.4, -0.2) is 27.6 Å². The number of rotatable bonds is 5. The summed E-state index contributed by atoms with van der Waals surface area (Å²) in [6, 6.07) is 19.7. The van der Waals surface area contributed by atoms with Crippen molar-refractivity contribution in [1.82, 2.24) is 19.9 Å². The van der Waals surface area contributed by atoms with Gasteiger partial charge in [-0.15, -0.1) is 0 Å². The Bertz CT molecular complexity index is 1070. The molecule has 0 radical (unpaired) electrons. The van der Waals surface area contributed by atoms with Crippen LogP contribution in [0.2, 0.25) is 0 Å². The second kappa shape index (κ2) is 7.32. The minimum Gasteiger partial charge on any atom is -0.457 e. The highest BCUT2D eigenvalue weighted by Crippen LogP contribution is 2.32. The molecule has 5 rings (SSSR count). The molecule has 2 aromatic heterocycles. The average molecular weight is 372 g/mol. The van der Waals surface area contributed by atoms with E-state index in [1.54, 1.807) is 6.33 Å². The molecule has 0 spiro atoms. The summed E-state index contributed by atoms with van der Waals surface area (Å²) in [6.07, 6.45) is 4.70. The standard InChI is InChI=1S/C22H20N4O2/c1-2-4-17(5-3-1)27-18-6-8-19(9-7-18)28-22-21-20(24-15-25-22)11-13-26(21)16-10-12-23-14-16/h1-9,11,13,15-16,23H,10,12,14H2. The first kappa shape index (κ1) is 16.8. The molecule has 3 heterocycles. The van der Waals surface area contributed by atoms with E-state index in [9.17, 15) is 0 Å². The normalized spacial score (nSPS) is 16.4. The van der Waals surface area contributed by atoms with Crippen molar-refractivity contribution in [3.05, 3.63) is 73.2 Å². The predicted molar refractivity (Wildman–Crippen MR) is 107 cm³/mol. The maximum Gasteiger partial charge on any atom is 0.247 e. The van der Waals surface area contributed by atoms with Crippen molar-refractivity contribution in [2.24, 2.45) is 0 Å². The number of hydrogen-bond acceptors (Lipinski definition) is 5. The van der Waals surface area contributed by atoms with Gasteiger partial charge in [0.15, 0.2) is 0 Å². The molecule has 1 aliphatic heterocycles.